The van der Waals surface area contributed by atoms with Crippen molar-refractivity contribution in [1.82, 2.24) is 4.90 Å². The smallest absolute Gasteiger partial charge is 0.135 e. The van der Waals surface area contributed by atoms with Crippen molar-refractivity contribution >= 4 is 27.6 Å². The summed E-state index contributed by atoms with van der Waals surface area (Å²) in [5, 5.41) is 2.46. The second-order valence-corrected chi connectivity index (χ2v) is 7.56. The maximum absolute atomic E-state index is 6.06. The standard InChI is InChI=1S/C21H24N2O/c1-13-10-21-18(17-6-4-5-7-20(17)24-21)12-19(13)23-14(2)22(3)15-8-9-16(23)11-15/h4-7,10,12,14-16H,8-9,11H2,1-3H3/t14-,15?,16?/m0/s1. The summed E-state index contributed by atoms with van der Waals surface area (Å²) in [6.07, 6.45) is 4.39. The van der Waals surface area contributed by atoms with E-state index in [0.29, 0.717) is 12.2 Å². The van der Waals surface area contributed by atoms with Crippen LogP contribution >= 0.6 is 0 Å². The molecule has 2 unspecified atom stereocenters. The molecule has 1 saturated carbocycles. The molecule has 2 aliphatic rings. The van der Waals surface area contributed by atoms with Gasteiger partial charge < -0.3 is 9.32 Å². The van der Waals surface area contributed by atoms with Crippen molar-refractivity contribution in [3.05, 3.63) is 42.0 Å². The first kappa shape index (κ1) is 14.4. The maximum atomic E-state index is 6.06. The number of hydrogen-bond acceptors (Lipinski definition) is 3. The Hall–Kier alpha value is -2.00. The minimum Gasteiger partial charge on any atom is -0.456 e. The first-order chi connectivity index (χ1) is 11.6. The first-order valence-corrected chi connectivity index (χ1v) is 9.05. The monoisotopic (exact) mass is 320 g/mol. The summed E-state index contributed by atoms with van der Waals surface area (Å²) in [7, 11) is 2.28. The number of furan rings is 1. The van der Waals surface area contributed by atoms with Gasteiger partial charge in [0.25, 0.3) is 0 Å². The zero-order valence-electron chi connectivity index (χ0n) is 14.6. The molecule has 3 atom stereocenters. The number of fused-ring (bicyclic) bond motifs is 5. The molecule has 24 heavy (non-hydrogen) atoms. The number of nitrogens with zero attached hydrogens (tertiary/aromatic N) is 2. The van der Waals surface area contributed by atoms with E-state index in [-0.39, 0.29) is 0 Å². The summed E-state index contributed by atoms with van der Waals surface area (Å²) in [5.74, 6) is 0. The van der Waals surface area contributed by atoms with Crippen LogP contribution in [0.2, 0.25) is 0 Å². The molecule has 1 saturated heterocycles. The van der Waals surface area contributed by atoms with Crippen molar-refractivity contribution in [3.8, 4) is 0 Å². The van der Waals surface area contributed by atoms with Crippen molar-refractivity contribution in [2.75, 3.05) is 11.9 Å². The van der Waals surface area contributed by atoms with Crippen LogP contribution in [-0.4, -0.2) is 30.2 Å². The molecule has 2 aromatic carbocycles. The zero-order chi connectivity index (χ0) is 16.4. The molecule has 1 aliphatic carbocycles. The highest BCUT2D eigenvalue weighted by atomic mass is 16.3. The fourth-order valence-electron chi connectivity index (χ4n) is 4.90. The van der Waals surface area contributed by atoms with E-state index >= 15 is 0 Å². The molecule has 5 rings (SSSR count). The first-order valence-electron chi connectivity index (χ1n) is 9.05. The van der Waals surface area contributed by atoms with Gasteiger partial charge in [-0.15, -0.1) is 0 Å². The van der Waals surface area contributed by atoms with E-state index in [1.54, 1.807) is 0 Å². The normalized spacial score (nSPS) is 27.5. The Balaban J connectivity index is 1.71. The summed E-state index contributed by atoms with van der Waals surface area (Å²) in [6, 6.07) is 14.4. The second kappa shape index (κ2) is 5.00. The van der Waals surface area contributed by atoms with Crippen LogP contribution in [0.15, 0.2) is 40.8 Å². The largest absolute Gasteiger partial charge is 0.456 e. The van der Waals surface area contributed by atoms with Gasteiger partial charge in [0.15, 0.2) is 0 Å². The van der Waals surface area contributed by atoms with Crippen LogP contribution < -0.4 is 4.90 Å². The topological polar surface area (TPSA) is 19.6 Å². The van der Waals surface area contributed by atoms with Crippen LogP contribution in [0.5, 0.6) is 0 Å². The van der Waals surface area contributed by atoms with E-state index in [1.165, 1.54) is 41.3 Å². The number of rotatable bonds is 1. The SMILES string of the molecule is Cc1cc2oc3ccccc3c2cc1N1C2CCC(C2)N(C)[C@@H]1C. The molecular weight excluding hydrogens is 296 g/mol. The Labute approximate surface area is 142 Å². The van der Waals surface area contributed by atoms with Crippen LogP contribution in [-0.2, 0) is 0 Å². The van der Waals surface area contributed by atoms with E-state index in [2.05, 4.69) is 61.0 Å². The zero-order valence-corrected chi connectivity index (χ0v) is 14.6. The third-order valence-electron chi connectivity index (χ3n) is 6.31. The Morgan fingerprint density at radius 1 is 1.00 bits per heavy atom. The average Bonchev–Trinajstić information content (AvgIpc) is 3.16. The molecule has 0 amide bonds. The number of hydrogen-bond donors (Lipinski definition) is 0. The summed E-state index contributed by atoms with van der Waals surface area (Å²) >= 11 is 0. The molecule has 0 spiro atoms. The van der Waals surface area contributed by atoms with Crippen molar-refractivity contribution < 1.29 is 4.42 Å². The van der Waals surface area contributed by atoms with Gasteiger partial charge >= 0.3 is 0 Å². The summed E-state index contributed by atoms with van der Waals surface area (Å²) < 4.78 is 6.06. The van der Waals surface area contributed by atoms with Gasteiger partial charge in [-0.3, -0.25) is 4.90 Å². The molecule has 124 valence electrons. The predicted octanol–water partition coefficient (Wildman–Crippen LogP) is 4.91. The molecular formula is C21H24N2O. The highest BCUT2D eigenvalue weighted by molar-refractivity contribution is 6.06. The van der Waals surface area contributed by atoms with E-state index in [4.69, 9.17) is 4.42 Å². The van der Waals surface area contributed by atoms with Gasteiger partial charge in [-0.25, -0.2) is 0 Å². The quantitative estimate of drug-likeness (QED) is 0.635. The Morgan fingerprint density at radius 3 is 2.67 bits per heavy atom. The summed E-state index contributed by atoms with van der Waals surface area (Å²) in [4.78, 5) is 5.21. The third kappa shape index (κ3) is 1.88. The lowest BCUT2D eigenvalue weighted by atomic mass is 10.0. The Bertz CT molecular complexity index is 928. The lowest BCUT2D eigenvalue weighted by molar-refractivity contribution is 0.149. The van der Waals surface area contributed by atoms with Crippen LogP contribution in [0.3, 0.4) is 0 Å². The van der Waals surface area contributed by atoms with E-state index in [1.807, 2.05) is 6.07 Å². The molecule has 3 nitrogen and oxygen atoms in total. The summed E-state index contributed by atoms with van der Waals surface area (Å²) in [6.45, 7) is 4.57. The lowest BCUT2D eigenvalue weighted by Crippen LogP contribution is -2.56. The average molecular weight is 320 g/mol. The second-order valence-electron chi connectivity index (χ2n) is 7.56. The highest BCUT2D eigenvalue weighted by Crippen LogP contribution is 2.42. The number of benzene rings is 2. The van der Waals surface area contributed by atoms with Crippen LogP contribution in [0, 0.1) is 6.92 Å². The maximum Gasteiger partial charge on any atom is 0.135 e. The van der Waals surface area contributed by atoms with E-state index in [0.717, 1.165) is 17.2 Å². The molecule has 1 aliphatic heterocycles. The molecule has 0 N–H and O–H groups in total. The molecule has 1 aromatic heterocycles. The molecule has 0 radical (unpaired) electrons. The fraction of sp³-hybridized carbons (Fsp3) is 0.429. The van der Waals surface area contributed by atoms with Gasteiger partial charge in [0.1, 0.15) is 11.2 Å². The fourth-order valence-corrected chi connectivity index (χ4v) is 4.90. The van der Waals surface area contributed by atoms with Crippen molar-refractivity contribution in [2.45, 2.75) is 51.4 Å². The van der Waals surface area contributed by atoms with E-state index < -0.39 is 0 Å². The van der Waals surface area contributed by atoms with Gasteiger partial charge in [0, 0.05) is 28.5 Å². The summed E-state index contributed by atoms with van der Waals surface area (Å²) in [5.41, 5.74) is 4.67. The van der Waals surface area contributed by atoms with Crippen molar-refractivity contribution in [3.63, 3.8) is 0 Å². The van der Waals surface area contributed by atoms with Crippen molar-refractivity contribution in [2.24, 2.45) is 0 Å². The van der Waals surface area contributed by atoms with Gasteiger partial charge in [-0.2, -0.15) is 0 Å². The van der Waals surface area contributed by atoms with Crippen LogP contribution in [0.25, 0.3) is 21.9 Å². The van der Waals surface area contributed by atoms with E-state index in [9.17, 15) is 0 Å². The highest BCUT2D eigenvalue weighted by Gasteiger charge is 2.42. The van der Waals surface area contributed by atoms with Gasteiger partial charge in [-0.05, 0) is 63.9 Å². The van der Waals surface area contributed by atoms with Crippen LogP contribution in [0.4, 0.5) is 5.69 Å². The predicted molar refractivity (Wildman–Crippen MR) is 99.6 cm³/mol. The Kier molecular flexibility index (Phi) is 2.99. The van der Waals surface area contributed by atoms with Crippen LogP contribution in [0.1, 0.15) is 31.7 Å². The van der Waals surface area contributed by atoms with Gasteiger partial charge in [0.05, 0.1) is 6.17 Å². The molecule has 2 fully saturated rings. The molecule has 2 heterocycles. The van der Waals surface area contributed by atoms with Gasteiger partial charge in [0.2, 0.25) is 0 Å². The minimum atomic E-state index is 0.450. The Morgan fingerprint density at radius 2 is 1.79 bits per heavy atom. The third-order valence-corrected chi connectivity index (χ3v) is 6.31. The minimum absolute atomic E-state index is 0.450. The number of aryl methyl sites for hydroxylation is 1. The van der Waals surface area contributed by atoms with Gasteiger partial charge in [-0.1, -0.05) is 18.2 Å². The lowest BCUT2D eigenvalue weighted by Gasteiger charge is -2.47. The van der Waals surface area contributed by atoms with Crippen molar-refractivity contribution in [1.29, 1.82) is 0 Å². The number of anilines is 1. The molecule has 3 heteroatoms. The molecule has 2 bridgehead atoms. The molecule has 3 aromatic rings. The number of para-hydroxylation sites is 1.